The maximum atomic E-state index is 4.44. The quantitative estimate of drug-likeness (QED) is 0.589. The molecule has 1 saturated heterocycles. The first-order chi connectivity index (χ1) is 12.1. The number of likely N-dealkylation sites (tertiary alicyclic amines) is 1. The molecular formula is C21H36N4. The van der Waals surface area contributed by atoms with E-state index in [4.69, 9.17) is 0 Å². The Bertz CT molecular complexity index is 522. The van der Waals surface area contributed by atoms with Crippen LogP contribution in [0.4, 0.5) is 0 Å². The molecule has 4 nitrogen and oxygen atoms in total. The molecular weight excluding hydrogens is 308 g/mol. The number of rotatable bonds is 7. The molecule has 25 heavy (non-hydrogen) atoms. The summed E-state index contributed by atoms with van der Waals surface area (Å²) in [6.07, 6.45) is 4.85. The molecule has 2 rings (SSSR count). The van der Waals surface area contributed by atoms with Crippen molar-refractivity contribution in [3.8, 4) is 0 Å². The van der Waals surface area contributed by atoms with E-state index in [0.29, 0.717) is 5.92 Å². The van der Waals surface area contributed by atoms with E-state index in [9.17, 15) is 0 Å². The fraction of sp³-hybridized carbons (Fsp3) is 0.667. The zero-order valence-electron chi connectivity index (χ0n) is 16.5. The van der Waals surface area contributed by atoms with E-state index in [0.717, 1.165) is 31.9 Å². The fourth-order valence-corrected chi connectivity index (χ4v) is 3.96. The van der Waals surface area contributed by atoms with E-state index >= 15 is 0 Å². The average molecular weight is 345 g/mol. The Hall–Kier alpha value is -1.55. The smallest absolute Gasteiger partial charge is 0.191 e. The number of nitrogens with zero attached hydrogens (tertiary/aromatic N) is 2. The summed E-state index contributed by atoms with van der Waals surface area (Å²) < 4.78 is 0. The molecule has 140 valence electrons. The summed E-state index contributed by atoms with van der Waals surface area (Å²) >= 11 is 0. The molecule has 1 heterocycles. The molecule has 1 aliphatic rings. The van der Waals surface area contributed by atoms with Crippen molar-refractivity contribution in [3.63, 3.8) is 0 Å². The minimum absolute atomic E-state index is 0.157. The van der Waals surface area contributed by atoms with Gasteiger partial charge in [0.2, 0.25) is 0 Å². The van der Waals surface area contributed by atoms with Crippen LogP contribution in [0.15, 0.2) is 35.3 Å². The van der Waals surface area contributed by atoms with Crippen molar-refractivity contribution in [2.24, 2.45) is 10.9 Å². The molecule has 2 N–H and O–H groups in total. The van der Waals surface area contributed by atoms with Gasteiger partial charge in [0.25, 0.3) is 0 Å². The second kappa shape index (κ2) is 9.81. The molecule has 1 aromatic rings. The maximum absolute atomic E-state index is 4.44. The van der Waals surface area contributed by atoms with Gasteiger partial charge in [0.05, 0.1) is 0 Å². The van der Waals surface area contributed by atoms with Crippen LogP contribution in [0.3, 0.4) is 0 Å². The Labute approximate surface area is 154 Å². The predicted molar refractivity (Wildman–Crippen MR) is 108 cm³/mol. The molecule has 1 aromatic carbocycles. The molecule has 0 saturated carbocycles. The van der Waals surface area contributed by atoms with Gasteiger partial charge in [-0.05, 0) is 50.8 Å². The highest BCUT2D eigenvalue weighted by Crippen LogP contribution is 2.30. The Morgan fingerprint density at radius 1 is 1.20 bits per heavy atom. The van der Waals surface area contributed by atoms with Gasteiger partial charge >= 0.3 is 0 Å². The molecule has 0 radical (unpaired) electrons. The normalized spacial score (nSPS) is 19.7. The third kappa shape index (κ3) is 5.46. The first-order valence-corrected chi connectivity index (χ1v) is 9.82. The lowest BCUT2D eigenvalue weighted by Crippen LogP contribution is -2.47. The first kappa shape index (κ1) is 19.8. The van der Waals surface area contributed by atoms with Crippen molar-refractivity contribution in [2.45, 2.75) is 44.9 Å². The summed E-state index contributed by atoms with van der Waals surface area (Å²) in [5, 5.41) is 7.13. The largest absolute Gasteiger partial charge is 0.356 e. The molecule has 0 bridgehead atoms. The molecule has 1 aliphatic heterocycles. The number of piperidine rings is 1. The third-order valence-corrected chi connectivity index (χ3v) is 5.84. The van der Waals surface area contributed by atoms with Gasteiger partial charge in [-0.1, -0.05) is 44.2 Å². The van der Waals surface area contributed by atoms with E-state index in [1.165, 1.54) is 31.5 Å². The summed E-state index contributed by atoms with van der Waals surface area (Å²) in [6.45, 7) is 8.89. The van der Waals surface area contributed by atoms with Gasteiger partial charge in [0, 0.05) is 32.1 Å². The highest BCUT2D eigenvalue weighted by molar-refractivity contribution is 5.79. The maximum Gasteiger partial charge on any atom is 0.191 e. The SMILES string of the molecule is CCC(CC)(CNC(=NC)NCC1CCCN(C)C1)c1ccccc1. The van der Waals surface area contributed by atoms with Gasteiger partial charge in [-0.2, -0.15) is 0 Å². The van der Waals surface area contributed by atoms with Crippen molar-refractivity contribution in [1.82, 2.24) is 15.5 Å². The van der Waals surface area contributed by atoms with Crippen LogP contribution >= 0.6 is 0 Å². The lowest BCUT2D eigenvalue weighted by Gasteiger charge is -2.34. The Balaban J connectivity index is 1.91. The topological polar surface area (TPSA) is 39.7 Å². The second-order valence-corrected chi connectivity index (χ2v) is 7.43. The van der Waals surface area contributed by atoms with Crippen molar-refractivity contribution in [2.75, 3.05) is 40.3 Å². The third-order valence-electron chi connectivity index (χ3n) is 5.84. The van der Waals surface area contributed by atoms with Gasteiger partial charge in [0.15, 0.2) is 5.96 Å². The van der Waals surface area contributed by atoms with Crippen LogP contribution in [0, 0.1) is 5.92 Å². The number of hydrogen-bond acceptors (Lipinski definition) is 2. The van der Waals surface area contributed by atoms with Crippen LogP contribution in [0.2, 0.25) is 0 Å². The fourth-order valence-electron chi connectivity index (χ4n) is 3.96. The molecule has 0 aliphatic carbocycles. The van der Waals surface area contributed by atoms with E-state index < -0.39 is 0 Å². The Kier molecular flexibility index (Phi) is 7.76. The van der Waals surface area contributed by atoms with Crippen molar-refractivity contribution < 1.29 is 0 Å². The van der Waals surface area contributed by atoms with Gasteiger partial charge in [-0.25, -0.2) is 0 Å². The first-order valence-electron chi connectivity index (χ1n) is 9.82. The minimum atomic E-state index is 0.157. The molecule has 0 amide bonds. The van der Waals surface area contributed by atoms with Crippen LogP contribution < -0.4 is 10.6 Å². The molecule has 0 spiro atoms. The van der Waals surface area contributed by atoms with E-state index in [1.54, 1.807) is 0 Å². The number of nitrogens with one attached hydrogen (secondary N) is 2. The van der Waals surface area contributed by atoms with Gasteiger partial charge in [-0.15, -0.1) is 0 Å². The minimum Gasteiger partial charge on any atom is -0.356 e. The second-order valence-electron chi connectivity index (χ2n) is 7.43. The standard InChI is InChI=1S/C21H36N4/c1-5-21(6-2,19-12-8-7-9-13-19)17-24-20(22-3)23-15-18-11-10-14-25(4)16-18/h7-9,12-13,18H,5-6,10-11,14-17H2,1-4H3,(H2,22,23,24). The Morgan fingerprint density at radius 3 is 2.52 bits per heavy atom. The number of aliphatic imine (C=N–C) groups is 1. The average Bonchev–Trinajstić information content (AvgIpc) is 2.66. The van der Waals surface area contributed by atoms with Gasteiger partial charge in [0.1, 0.15) is 0 Å². The lowest BCUT2D eigenvalue weighted by atomic mass is 9.76. The highest BCUT2D eigenvalue weighted by atomic mass is 15.2. The summed E-state index contributed by atoms with van der Waals surface area (Å²) in [4.78, 5) is 6.87. The zero-order chi connectivity index (χ0) is 18.1. The number of hydrogen-bond donors (Lipinski definition) is 2. The van der Waals surface area contributed by atoms with Crippen molar-refractivity contribution in [1.29, 1.82) is 0 Å². The molecule has 1 atom stereocenters. The zero-order valence-corrected chi connectivity index (χ0v) is 16.5. The number of guanidine groups is 1. The number of benzene rings is 1. The molecule has 1 fully saturated rings. The van der Waals surface area contributed by atoms with Crippen LogP contribution in [0.25, 0.3) is 0 Å². The molecule has 1 unspecified atom stereocenters. The highest BCUT2D eigenvalue weighted by Gasteiger charge is 2.28. The van der Waals surface area contributed by atoms with Crippen LogP contribution in [0.5, 0.6) is 0 Å². The van der Waals surface area contributed by atoms with Gasteiger partial charge in [-0.3, -0.25) is 4.99 Å². The van der Waals surface area contributed by atoms with Gasteiger partial charge < -0.3 is 15.5 Å². The summed E-state index contributed by atoms with van der Waals surface area (Å²) in [6, 6.07) is 10.9. The predicted octanol–water partition coefficient (Wildman–Crippen LogP) is 3.25. The van der Waals surface area contributed by atoms with E-state index in [-0.39, 0.29) is 5.41 Å². The summed E-state index contributed by atoms with van der Waals surface area (Å²) in [5.74, 6) is 1.64. The van der Waals surface area contributed by atoms with Crippen molar-refractivity contribution >= 4 is 5.96 Å². The van der Waals surface area contributed by atoms with Crippen molar-refractivity contribution in [3.05, 3.63) is 35.9 Å². The monoisotopic (exact) mass is 344 g/mol. The lowest BCUT2D eigenvalue weighted by molar-refractivity contribution is 0.210. The Morgan fingerprint density at radius 2 is 1.92 bits per heavy atom. The van der Waals surface area contributed by atoms with E-state index in [2.05, 4.69) is 71.8 Å². The van der Waals surface area contributed by atoms with E-state index in [1.807, 2.05) is 7.05 Å². The van der Waals surface area contributed by atoms with Crippen LogP contribution in [0.1, 0.15) is 45.1 Å². The van der Waals surface area contributed by atoms with Crippen LogP contribution in [-0.2, 0) is 5.41 Å². The summed E-state index contributed by atoms with van der Waals surface area (Å²) in [5.41, 5.74) is 1.57. The molecule has 0 aromatic heterocycles. The summed E-state index contributed by atoms with van der Waals surface area (Å²) in [7, 11) is 4.08. The van der Waals surface area contributed by atoms with Crippen LogP contribution in [-0.4, -0.2) is 51.1 Å². The molecule has 4 heteroatoms.